The Morgan fingerprint density at radius 3 is 2.64 bits per heavy atom. The van der Waals surface area contributed by atoms with E-state index in [1.54, 1.807) is 17.9 Å². The number of benzene rings is 2. The third-order valence-corrected chi connectivity index (χ3v) is 6.03. The highest BCUT2D eigenvalue weighted by molar-refractivity contribution is 6.08. The summed E-state index contributed by atoms with van der Waals surface area (Å²) >= 11 is 0. The number of hydrogen-bond acceptors (Lipinski definition) is 4. The summed E-state index contributed by atoms with van der Waals surface area (Å²) in [6, 6.07) is 8.73. The van der Waals surface area contributed by atoms with Crippen LogP contribution in [0.3, 0.4) is 0 Å². The fourth-order valence-electron chi connectivity index (χ4n) is 4.27. The first-order chi connectivity index (χ1) is 15.8. The van der Waals surface area contributed by atoms with Crippen molar-refractivity contribution in [3.05, 3.63) is 81.2 Å². The number of nitrogens with one attached hydrogen (secondary N) is 1. The number of hydrogen-bond donors (Lipinski definition) is 1. The first kappa shape index (κ1) is 22.9. The lowest BCUT2D eigenvalue weighted by atomic mass is 10.0. The maximum absolute atomic E-state index is 15.6. The summed E-state index contributed by atoms with van der Waals surface area (Å²) in [5.74, 6) is -2.08. The number of fused-ring (bicyclic) bond motifs is 1. The topological polar surface area (TPSA) is 54.3 Å². The molecule has 1 aliphatic heterocycles. The van der Waals surface area contributed by atoms with E-state index < -0.39 is 22.8 Å². The van der Waals surface area contributed by atoms with E-state index in [9.17, 15) is 9.59 Å². The van der Waals surface area contributed by atoms with Gasteiger partial charge in [0.25, 0.3) is 0 Å². The van der Waals surface area contributed by atoms with Crippen molar-refractivity contribution in [3.63, 3.8) is 0 Å². The van der Waals surface area contributed by atoms with Gasteiger partial charge in [-0.3, -0.25) is 9.59 Å². The van der Waals surface area contributed by atoms with Gasteiger partial charge < -0.3 is 14.8 Å². The molecule has 1 unspecified atom stereocenters. The van der Waals surface area contributed by atoms with Crippen LogP contribution in [0.1, 0.15) is 35.3 Å². The predicted molar refractivity (Wildman–Crippen MR) is 128 cm³/mol. The minimum Gasteiger partial charge on any atom is -0.364 e. The zero-order chi connectivity index (χ0) is 23.7. The van der Waals surface area contributed by atoms with E-state index >= 15 is 8.78 Å². The molecule has 0 amide bonds. The average Bonchev–Trinajstić information content (AvgIpc) is 2.79. The Bertz CT molecular complexity index is 1300. The van der Waals surface area contributed by atoms with Crippen molar-refractivity contribution in [2.45, 2.75) is 33.4 Å². The summed E-state index contributed by atoms with van der Waals surface area (Å²) in [6.07, 6.45) is 4.31. The molecule has 0 radical (unpaired) electrons. The van der Waals surface area contributed by atoms with E-state index in [0.29, 0.717) is 26.2 Å². The number of ketones is 1. The van der Waals surface area contributed by atoms with Crippen LogP contribution in [0.25, 0.3) is 17.0 Å². The van der Waals surface area contributed by atoms with Crippen LogP contribution in [0.15, 0.2) is 47.4 Å². The number of allylic oxidation sites excluding steroid dienone is 1. The van der Waals surface area contributed by atoms with Gasteiger partial charge in [-0.25, -0.2) is 8.78 Å². The van der Waals surface area contributed by atoms with E-state index in [0.717, 1.165) is 17.2 Å². The first-order valence-corrected chi connectivity index (χ1v) is 11.1. The van der Waals surface area contributed by atoms with E-state index in [2.05, 4.69) is 5.32 Å². The molecule has 172 valence electrons. The minimum atomic E-state index is -0.798. The van der Waals surface area contributed by atoms with Gasteiger partial charge in [-0.05, 0) is 38.5 Å². The monoisotopic (exact) mass is 451 g/mol. The lowest BCUT2D eigenvalue weighted by molar-refractivity contribution is 0.104. The zero-order valence-electron chi connectivity index (χ0n) is 19.0. The summed E-state index contributed by atoms with van der Waals surface area (Å²) in [4.78, 5) is 27.6. The standard InChI is InChI=1S/C26H27F2N3O2/c1-4-30-15-20(22(32)10-9-18-7-5-16(2)6-8-18)26(33)19-13-21(27)25(23(28)24(19)30)31-12-11-29-17(3)14-31/h5-10,13,15,17,29H,4,11-12,14H2,1-3H3. The van der Waals surface area contributed by atoms with Crippen LogP contribution < -0.4 is 15.6 Å². The zero-order valence-corrected chi connectivity index (χ0v) is 19.0. The Morgan fingerprint density at radius 2 is 1.97 bits per heavy atom. The number of halogens is 2. The van der Waals surface area contributed by atoms with E-state index in [1.165, 1.54) is 16.8 Å². The van der Waals surface area contributed by atoms with Gasteiger partial charge in [-0.1, -0.05) is 35.9 Å². The summed E-state index contributed by atoms with van der Waals surface area (Å²) < 4.78 is 32.2. The number of carbonyl (C=O) groups excluding carboxylic acids is 1. The predicted octanol–water partition coefficient (Wildman–Crippen LogP) is 4.30. The van der Waals surface area contributed by atoms with Crippen LogP contribution >= 0.6 is 0 Å². The van der Waals surface area contributed by atoms with Crippen molar-refractivity contribution in [3.8, 4) is 0 Å². The Balaban J connectivity index is 1.80. The number of rotatable bonds is 5. The molecule has 0 saturated carbocycles. The molecule has 1 saturated heterocycles. The fourth-order valence-corrected chi connectivity index (χ4v) is 4.27. The second-order valence-electron chi connectivity index (χ2n) is 8.48. The number of carbonyl (C=O) groups is 1. The van der Waals surface area contributed by atoms with Gasteiger partial charge in [0, 0.05) is 38.4 Å². The van der Waals surface area contributed by atoms with Crippen LogP contribution in [-0.2, 0) is 6.54 Å². The molecule has 3 aromatic rings. The van der Waals surface area contributed by atoms with Crippen LogP contribution in [0.5, 0.6) is 0 Å². The molecule has 0 bridgehead atoms. The molecule has 1 aromatic heterocycles. The largest absolute Gasteiger partial charge is 0.364 e. The third-order valence-electron chi connectivity index (χ3n) is 6.03. The van der Waals surface area contributed by atoms with Crippen LogP contribution in [0.4, 0.5) is 14.5 Å². The Morgan fingerprint density at radius 1 is 1.24 bits per heavy atom. The first-order valence-electron chi connectivity index (χ1n) is 11.1. The molecule has 4 rings (SSSR count). The van der Waals surface area contributed by atoms with Gasteiger partial charge in [0.1, 0.15) is 11.5 Å². The van der Waals surface area contributed by atoms with Crippen LogP contribution in [0.2, 0.25) is 0 Å². The molecule has 0 spiro atoms. The van der Waals surface area contributed by atoms with Crippen molar-refractivity contribution >= 4 is 28.4 Å². The molecule has 2 heterocycles. The average molecular weight is 452 g/mol. The lowest BCUT2D eigenvalue weighted by Gasteiger charge is -2.34. The number of aryl methyl sites for hydroxylation is 2. The molecule has 1 atom stereocenters. The van der Waals surface area contributed by atoms with Gasteiger partial charge in [0.05, 0.1) is 16.5 Å². The highest BCUT2D eigenvalue weighted by Gasteiger charge is 2.26. The summed E-state index contributed by atoms with van der Waals surface area (Å²) in [5, 5.41) is 3.12. The van der Waals surface area contributed by atoms with Crippen LogP contribution in [-0.4, -0.2) is 36.0 Å². The van der Waals surface area contributed by atoms with E-state index in [4.69, 9.17) is 0 Å². The van der Waals surface area contributed by atoms with Crippen molar-refractivity contribution in [1.82, 2.24) is 9.88 Å². The number of aromatic nitrogens is 1. The number of anilines is 1. The van der Waals surface area contributed by atoms with E-state index in [-0.39, 0.29) is 28.2 Å². The highest BCUT2D eigenvalue weighted by Crippen LogP contribution is 2.30. The molecule has 33 heavy (non-hydrogen) atoms. The second-order valence-corrected chi connectivity index (χ2v) is 8.48. The molecular formula is C26H27F2N3O2. The van der Waals surface area contributed by atoms with Gasteiger partial charge in [0.2, 0.25) is 5.43 Å². The third kappa shape index (κ3) is 4.46. The maximum Gasteiger partial charge on any atom is 0.200 e. The minimum absolute atomic E-state index is 0.0177. The molecule has 5 nitrogen and oxygen atoms in total. The molecular weight excluding hydrogens is 424 g/mol. The van der Waals surface area contributed by atoms with E-state index in [1.807, 2.05) is 38.1 Å². The quantitative estimate of drug-likeness (QED) is 0.464. The highest BCUT2D eigenvalue weighted by atomic mass is 19.1. The molecule has 2 aromatic carbocycles. The normalized spacial score (nSPS) is 16.6. The van der Waals surface area contributed by atoms with Gasteiger partial charge in [-0.2, -0.15) is 0 Å². The van der Waals surface area contributed by atoms with Gasteiger partial charge in [-0.15, -0.1) is 0 Å². The second kappa shape index (κ2) is 9.27. The van der Waals surface area contributed by atoms with Crippen molar-refractivity contribution < 1.29 is 13.6 Å². The molecule has 7 heteroatoms. The molecule has 1 N–H and O–H groups in total. The van der Waals surface area contributed by atoms with Crippen molar-refractivity contribution in [2.75, 3.05) is 24.5 Å². The van der Waals surface area contributed by atoms with Crippen LogP contribution in [0, 0.1) is 18.6 Å². The SMILES string of the molecule is CCn1cc(C(=O)C=Cc2ccc(C)cc2)c(=O)c2cc(F)c(N3CCNC(C)C3)c(F)c21. The summed E-state index contributed by atoms with van der Waals surface area (Å²) in [6.45, 7) is 7.55. The number of nitrogens with zero attached hydrogens (tertiary/aromatic N) is 2. The molecule has 1 fully saturated rings. The number of pyridine rings is 1. The maximum atomic E-state index is 15.6. The lowest BCUT2D eigenvalue weighted by Crippen LogP contribution is -2.49. The Labute approximate surface area is 191 Å². The number of piperazine rings is 1. The van der Waals surface area contributed by atoms with Gasteiger partial charge in [0.15, 0.2) is 11.6 Å². The van der Waals surface area contributed by atoms with Crippen molar-refractivity contribution in [1.29, 1.82) is 0 Å². The Hall–Kier alpha value is -3.32. The summed E-state index contributed by atoms with van der Waals surface area (Å²) in [5.41, 5.74) is 1.01. The Kier molecular flexibility index (Phi) is 6.42. The molecule has 1 aliphatic rings. The van der Waals surface area contributed by atoms with Gasteiger partial charge >= 0.3 is 0 Å². The van der Waals surface area contributed by atoms with Crippen molar-refractivity contribution in [2.24, 2.45) is 0 Å². The smallest absolute Gasteiger partial charge is 0.200 e. The summed E-state index contributed by atoms with van der Waals surface area (Å²) in [7, 11) is 0. The molecule has 0 aliphatic carbocycles. The fraction of sp³-hybridized carbons (Fsp3) is 0.308.